The summed E-state index contributed by atoms with van der Waals surface area (Å²) in [6.07, 6.45) is 1.58. The summed E-state index contributed by atoms with van der Waals surface area (Å²) in [6.45, 7) is 4.30. The molecule has 0 bridgehead atoms. The third-order valence-corrected chi connectivity index (χ3v) is 4.23. The van der Waals surface area contributed by atoms with E-state index >= 15 is 0 Å². The molecule has 0 saturated carbocycles. The van der Waals surface area contributed by atoms with E-state index in [1.165, 1.54) is 11.3 Å². The first kappa shape index (κ1) is 13.4. The first-order valence-corrected chi connectivity index (χ1v) is 7.46. The zero-order chi connectivity index (χ0) is 13.1. The fraction of sp³-hybridized carbons (Fsp3) is 0.417. The van der Waals surface area contributed by atoms with E-state index in [4.69, 9.17) is 0 Å². The van der Waals surface area contributed by atoms with Crippen molar-refractivity contribution in [3.05, 3.63) is 32.4 Å². The molecule has 4 nitrogen and oxygen atoms in total. The molecule has 0 aliphatic rings. The Morgan fingerprint density at radius 3 is 2.72 bits per heavy atom. The highest BCUT2D eigenvalue weighted by Crippen LogP contribution is 2.22. The molecule has 0 aliphatic heterocycles. The van der Waals surface area contributed by atoms with Gasteiger partial charge in [0.2, 0.25) is 0 Å². The van der Waals surface area contributed by atoms with Crippen molar-refractivity contribution in [2.75, 3.05) is 0 Å². The fourth-order valence-corrected chi connectivity index (χ4v) is 2.96. The Labute approximate surface area is 118 Å². The minimum atomic E-state index is 0.0768. The monoisotopic (exact) mass is 327 g/mol. The normalized spacial score (nSPS) is 10.8. The van der Waals surface area contributed by atoms with Crippen LogP contribution in [0.3, 0.4) is 0 Å². The smallest absolute Gasteiger partial charge is 0.194 e. The zero-order valence-corrected chi connectivity index (χ0v) is 12.7. The number of carbonyl (C=O) groups excluding carboxylic acids is 1. The van der Waals surface area contributed by atoms with Gasteiger partial charge >= 0.3 is 0 Å². The van der Waals surface area contributed by atoms with Gasteiger partial charge in [0.05, 0.1) is 8.66 Å². The number of hydrogen-bond donors (Lipinski definition) is 0. The molecule has 0 radical (unpaired) electrons. The molecule has 2 rings (SSSR count). The number of aryl methyl sites for hydroxylation is 2. The lowest BCUT2D eigenvalue weighted by Gasteiger charge is -2.01. The highest BCUT2D eigenvalue weighted by molar-refractivity contribution is 9.11. The second-order valence-electron chi connectivity index (χ2n) is 3.84. The second kappa shape index (κ2) is 5.75. The zero-order valence-electron chi connectivity index (χ0n) is 10.3. The van der Waals surface area contributed by atoms with Crippen molar-refractivity contribution in [3.63, 3.8) is 0 Å². The maximum Gasteiger partial charge on any atom is 0.194 e. The van der Waals surface area contributed by atoms with Crippen molar-refractivity contribution >= 4 is 33.0 Å². The molecule has 96 valence electrons. The SMILES string of the molecule is CCc1nc(CC)n(CC(=O)c2ccc(Br)s2)n1. The Morgan fingerprint density at radius 1 is 1.39 bits per heavy atom. The van der Waals surface area contributed by atoms with Crippen molar-refractivity contribution < 1.29 is 4.79 Å². The molecule has 2 aromatic rings. The summed E-state index contributed by atoms with van der Waals surface area (Å²) >= 11 is 4.81. The van der Waals surface area contributed by atoms with Crippen LogP contribution in [0.4, 0.5) is 0 Å². The van der Waals surface area contributed by atoms with Crippen molar-refractivity contribution in [2.45, 2.75) is 33.2 Å². The number of Topliss-reactive ketones (excluding diaryl/α,β-unsaturated/α-hetero) is 1. The molecule has 0 N–H and O–H groups in total. The molecule has 0 spiro atoms. The number of nitrogens with zero attached hydrogens (tertiary/aromatic N) is 3. The Hall–Kier alpha value is -1.01. The predicted molar refractivity (Wildman–Crippen MR) is 75.1 cm³/mol. The summed E-state index contributed by atoms with van der Waals surface area (Å²) in [5.41, 5.74) is 0. The summed E-state index contributed by atoms with van der Waals surface area (Å²) in [6, 6.07) is 3.72. The Balaban J connectivity index is 2.18. The number of ketones is 1. The maximum absolute atomic E-state index is 12.1. The molecule has 0 amide bonds. The van der Waals surface area contributed by atoms with Gasteiger partial charge in [0, 0.05) is 12.8 Å². The van der Waals surface area contributed by atoms with Gasteiger partial charge in [0.1, 0.15) is 12.4 Å². The maximum atomic E-state index is 12.1. The molecular formula is C12H14BrN3OS. The topological polar surface area (TPSA) is 47.8 Å². The number of halogens is 1. The minimum absolute atomic E-state index is 0.0768. The third-order valence-electron chi connectivity index (χ3n) is 2.57. The van der Waals surface area contributed by atoms with Gasteiger partial charge in [0.25, 0.3) is 0 Å². The minimum Gasteiger partial charge on any atom is -0.291 e. The van der Waals surface area contributed by atoms with E-state index in [1.54, 1.807) is 4.68 Å². The predicted octanol–water partition coefficient (Wildman–Crippen LogP) is 3.11. The molecular weight excluding hydrogens is 314 g/mol. The number of carbonyl (C=O) groups is 1. The van der Waals surface area contributed by atoms with Crippen LogP contribution in [0, 0.1) is 0 Å². The third kappa shape index (κ3) is 2.87. The van der Waals surface area contributed by atoms with Gasteiger partial charge in [0.15, 0.2) is 11.6 Å². The average molecular weight is 328 g/mol. The molecule has 6 heteroatoms. The van der Waals surface area contributed by atoms with Gasteiger partial charge in [-0.3, -0.25) is 4.79 Å². The van der Waals surface area contributed by atoms with Gasteiger partial charge < -0.3 is 0 Å². The van der Waals surface area contributed by atoms with Crippen LogP contribution >= 0.6 is 27.3 Å². The highest BCUT2D eigenvalue weighted by Gasteiger charge is 2.14. The summed E-state index contributed by atoms with van der Waals surface area (Å²) in [5.74, 6) is 1.75. The summed E-state index contributed by atoms with van der Waals surface area (Å²) < 4.78 is 2.68. The lowest BCUT2D eigenvalue weighted by atomic mass is 10.3. The summed E-state index contributed by atoms with van der Waals surface area (Å²) in [5, 5.41) is 4.35. The van der Waals surface area contributed by atoms with Crippen LogP contribution < -0.4 is 0 Å². The van der Waals surface area contributed by atoms with E-state index in [1.807, 2.05) is 26.0 Å². The molecule has 0 atom stereocenters. The molecule has 0 unspecified atom stereocenters. The van der Waals surface area contributed by atoms with E-state index < -0.39 is 0 Å². The van der Waals surface area contributed by atoms with Crippen LogP contribution in [-0.2, 0) is 19.4 Å². The van der Waals surface area contributed by atoms with Crippen molar-refractivity contribution in [1.82, 2.24) is 14.8 Å². The van der Waals surface area contributed by atoms with Crippen LogP contribution in [0.5, 0.6) is 0 Å². The number of aromatic nitrogens is 3. The van der Waals surface area contributed by atoms with Crippen LogP contribution in [0.25, 0.3) is 0 Å². The highest BCUT2D eigenvalue weighted by atomic mass is 79.9. The summed E-state index contributed by atoms with van der Waals surface area (Å²) in [7, 11) is 0. The van der Waals surface area contributed by atoms with Gasteiger partial charge in [-0.15, -0.1) is 11.3 Å². The quantitative estimate of drug-likeness (QED) is 0.793. The van der Waals surface area contributed by atoms with Gasteiger partial charge in [-0.25, -0.2) is 9.67 Å². The first-order chi connectivity index (χ1) is 8.63. The van der Waals surface area contributed by atoms with E-state index in [2.05, 4.69) is 26.0 Å². The van der Waals surface area contributed by atoms with Crippen LogP contribution in [0.1, 0.15) is 35.2 Å². The number of hydrogen-bond acceptors (Lipinski definition) is 4. The number of thiophene rings is 1. The van der Waals surface area contributed by atoms with Crippen LogP contribution in [-0.4, -0.2) is 20.5 Å². The van der Waals surface area contributed by atoms with Crippen molar-refractivity contribution in [2.24, 2.45) is 0 Å². The largest absolute Gasteiger partial charge is 0.291 e. The van der Waals surface area contributed by atoms with Gasteiger partial charge in [-0.1, -0.05) is 13.8 Å². The lowest BCUT2D eigenvalue weighted by molar-refractivity contribution is 0.0970. The van der Waals surface area contributed by atoms with Gasteiger partial charge in [-0.05, 0) is 28.1 Å². The fourth-order valence-electron chi connectivity index (χ4n) is 1.64. The van der Waals surface area contributed by atoms with Crippen LogP contribution in [0.2, 0.25) is 0 Å². The molecule has 0 aromatic carbocycles. The van der Waals surface area contributed by atoms with Gasteiger partial charge in [-0.2, -0.15) is 5.10 Å². The lowest BCUT2D eigenvalue weighted by Crippen LogP contribution is -2.13. The molecule has 0 fully saturated rings. The van der Waals surface area contributed by atoms with E-state index in [9.17, 15) is 4.79 Å². The average Bonchev–Trinajstić information content (AvgIpc) is 2.95. The molecule has 0 saturated heterocycles. The summed E-state index contributed by atoms with van der Waals surface area (Å²) in [4.78, 5) is 17.2. The molecule has 2 aromatic heterocycles. The molecule has 2 heterocycles. The van der Waals surface area contributed by atoms with E-state index in [0.717, 1.165) is 33.2 Å². The molecule has 18 heavy (non-hydrogen) atoms. The Morgan fingerprint density at radius 2 is 2.17 bits per heavy atom. The van der Waals surface area contributed by atoms with E-state index in [-0.39, 0.29) is 12.3 Å². The van der Waals surface area contributed by atoms with Crippen molar-refractivity contribution in [3.8, 4) is 0 Å². The first-order valence-electron chi connectivity index (χ1n) is 5.85. The number of rotatable bonds is 5. The second-order valence-corrected chi connectivity index (χ2v) is 6.30. The van der Waals surface area contributed by atoms with E-state index in [0.29, 0.717) is 0 Å². The molecule has 0 aliphatic carbocycles. The Kier molecular flexibility index (Phi) is 4.29. The van der Waals surface area contributed by atoms with Crippen LogP contribution in [0.15, 0.2) is 15.9 Å². The Bertz CT molecular complexity index is 561. The van der Waals surface area contributed by atoms with Crippen molar-refractivity contribution in [1.29, 1.82) is 0 Å². The standard InChI is InChI=1S/C12H14BrN3OS/c1-3-11-14-12(4-2)16(15-11)7-8(17)9-5-6-10(13)18-9/h5-6H,3-4,7H2,1-2H3.